The van der Waals surface area contributed by atoms with E-state index in [1.54, 1.807) is 6.92 Å². The number of alkyl carbamates (subject to hydrolysis) is 1. The van der Waals surface area contributed by atoms with Crippen LogP contribution in [0.4, 0.5) is 4.79 Å². The van der Waals surface area contributed by atoms with E-state index < -0.39 is 23.6 Å². The van der Waals surface area contributed by atoms with Gasteiger partial charge in [-0.1, -0.05) is 48.5 Å². The minimum atomic E-state index is -0.966. The van der Waals surface area contributed by atoms with E-state index in [1.165, 1.54) is 0 Å². The number of benzene rings is 2. The molecule has 2 aromatic carbocycles. The van der Waals surface area contributed by atoms with E-state index >= 15 is 0 Å². The monoisotopic (exact) mass is 466 g/mol. The molecule has 1 aliphatic heterocycles. The standard InChI is InChI=1S/C26H30N2O6/c1-17(14-23(29)28-26(15-24(30)31)10-12-33-13-11-26)27-25(32)34-16-22-20-8-4-2-6-18(20)19-7-3-5-9-21(19)22/h2-9,17,22H,10-16H2,1H3,(H,27,32)(H,28,29)(H,30,31). The first-order chi connectivity index (χ1) is 16.4. The van der Waals surface area contributed by atoms with Crippen molar-refractivity contribution in [2.75, 3.05) is 19.8 Å². The SMILES string of the molecule is CC(CC(=O)NC1(CC(=O)O)CCOCC1)NC(=O)OCC1c2ccccc2-c2ccccc21. The van der Waals surface area contributed by atoms with Gasteiger partial charge >= 0.3 is 12.1 Å². The van der Waals surface area contributed by atoms with Gasteiger partial charge < -0.3 is 25.2 Å². The summed E-state index contributed by atoms with van der Waals surface area (Å²) in [6.07, 6.45) is 0.162. The van der Waals surface area contributed by atoms with Gasteiger partial charge in [-0.15, -0.1) is 0 Å². The molecule has 0 radical (unpaired) electrons. The van der Waals surface area contributed by atoms with E-state index in [-0.39, 0.29) is 31.3 Å². The van der Waals surface area contributed by atoms with Gasteiger partial charge in [0.15, 0.2) is 0 Å². The Morgan fingerprint density at radius 1 is 1.06 bits per heavy atom. The van der Waals surface area contributed by atoms with Crippen molar-refractivity contribution in [1.82, 2.24) is 10.6 Å². The molecule has 1 atom stereocenters. The molecule has 0 spiro atoms. The van der Waals surface area contributed by atoms with Crippen molar-refractivity contribution >= 4 is 18.0 Å². The number of carboxylic acids is 1. The first-order valence-electron chi connectivity index (χ1n) is 11.6. The Kier molecular flexibility index (Phi) is 7.17. The fraction of sp³-hybridized carbons (Fsp3) is 0.423. The topological polar surface area (TPSA) is 114 Å². The first-order valence-corrected chi connectivity index (χ1v) is 11.6. The maximum absolute atomic E-state index is 12.6. The number of carbonyl (C=O) groups excluding carboxylic acids is 2. The van der Waals surface area contributed by atoms with Crippen LogP contribution < -0.4 is 10.6 Å². The van der Waals surface area contributed by atoms with E-state index in [2.05, 4.69) is 34.9 Å². The summed E-state index contributed by atoms with van der Waals surface area (Å²) in [4.78, 5) is 36.3. The molecule has 2 amide bonds. The molecular formula is C26H30N2O6. The van der Waals surface area contributed by atoms with Gasteiger partial charge in [-0.05, 0) is 42.0 Å². The maximum atomic E-state index is 12.6. The van der Waals surface area contributed by atoms with Crippen molar-refractivity contribution in [3.8, 4) is 11.1 Å². The van der Waals surface area contributed by atoms with Gasteiger partial charge in [0.2, 0.25) is 5.91 Å². The zero-order chi connectivity index (χ0) is 24.1. The van der Waals surface area contributed by atoms with E-state index in [9.17, 15) is 19.5 Å². The maximum Gasteiger partial charge on any atom is 0.407 e. The van der Waals surface area contributed by atoms with Gasteiger partial charge in [0.25, 0.3) is 0 Å². The molecule has 8 heteroatoms. The minimum Gasteiger partial charge on any atom is -0.481 e. The molecule has 8 nitrogen and oxygen atoms in total. The predicted octanol–water partition coefficient (Wildman–Crippen LogP) is 3.44. The lowest BCUT2D eigenvalue weighted by atomic mass is 9.86. The summed E-state index contributed by atoms with van der Waals surface area (Å²) < 4.78 is 10.9. The molecule has 0 aromatic heterocycles. The zero-order valence-corrected chi connectivity index (χ0v) is 19.2. The number of aliphatic carboxylic acids is 1. The molecule has 1 aliphatic carbocycles. The van der Waals surface area contributed by atoms with Gasteiger partial charge in [0.1, 0.15) is 6.61 Å². The van der Waals surface area contributed by atoms with Gasteiger partial charge in [0.05, 0.1) is 12.0 Å². The van der Waals surface area contributed by atoms with Crippen molar-refractivity contribution in [1.29, 1.82) is 0 Å². The summed E-state index contributed by atoms with van der Waals surface area (Å²) in [5.74, 6) is -1.32. The predicted molar refractivity (Wildman–Crippen MR) is 125 cm³/mol. The molecule has 2 aromatic rings. The number of hydrogen-bond acceptors (Lipinski definition) is 5. The molecule has 34 heavy (non-hydrogen) atoms. The molecule has 1 heterocycles. The second kappa shape index (κ2) is 10.3. The quantitative estimate of drug-likeness (QED) is 0.549. The van der Waals surface area contributed by atoms with Crippen LogP contribution in [0.15, 0.2) is 48.5 Å². The zero-order valence-electron chi connectivity index (χ0n) is 19.2. The van der Waals surface area contributed by atoms with Gasteiger partial charge in [0, 0.05) is 31.6 Å². The number of fused-ring (bicyclic) bond motifs is 3. The first kappa shape index (κ1) is 23.8. The minimum absolute atomic E-state index is 0.0203. The number of carboxylic acid groups (broad SMARTS) is 1. The Labute approximate surface area is 198 Å². The fourth-order valence-corrected chi connectivity index (χ4v) is 4.91. The third-order valence-corrected chi connectivity index (χ3v) is 6.54. The lowest BCUT2D eigenvalue weighted by molar-refractivity contribution is -0.140. The lowest BCUT2D eigenvalue weighted by Gasteiger charge is -2.37. The van der Waals surface area contributed by atoms with Crippen LogP contribution in [0.5, 0.6) is 0 Å². The van der Waals surface area contributed by atoms with Crippen molar-refractivity contribution in [2.45, 2.75) is 50.1 Å². The van der Waals surface area contributed by atoms with Gasteiger partial charge in [-0.3, -0.25) is 9.59 Å². The number of rotatable bonds is 8. The van der Waals surface area contributed by atoms with Crippen LogP contribution >= 0.6 is 0 Å². The summed E-state index contributed by atoms with van der Waals surface area (Å²) in [5.41, 5.74) is 3.75. The summed E-state index contributed by atoms with van der Waals surface area (Å²) >= 11 is 0. The van der Waals surface area contributed by atoms with E-state index in [0.29, 0.717) is 26.1 Å². The van der Waals surface area contributed by atoms with E-state index in [1.807, 2.05) is 24.3 Å². The molecular weight excluding hydrogens is 436 g/mol. The van der Waals surface area contributed by atoms with Crippen molar-refractivity contribution in [2.24, 2.45) is 0 Å². The lowest BCUT2D eigenvalue weighted by Crippen LogP contribution is -2.54. The van der Waals surface area contributed by atoms with Crippen molar-refractivity contribution in [3.63, 3.8) is 0 Å². The third kappa shape index (κ3) is 5.39. The summed E-state index contributed by atoms with van der Waals surface area (Å²) in [6, 6.07) is 15.7. The Balaban J connectivity index is 1.30. The summed E-state index contributed by atoms with van der Waals surface area (Å²) in [7, 11) is 0. The highest BCUT2D eigenvalue weighted by molar-refractivity contribution is 5.80. The second-order valence-corrected chi connectivity index (χ2v) is 9.09. The molecule has 3 N–H and O–H groups in total. The van der Waals surface area contributed by atoms with Crippen LogP contribution in [0.1, 0.15) is 49.7 Å². The Morgan fingerprint density at radius 3 is 2.24 bits per heavy atom. The number of hydrogen-bond donors (Lipinski definition) is 3. The average Bonchev–Trinajstić information content (AvgIpc) is 3.11. The fourth-order valence-electron chi connectivity index (χ4n) is 4.91. The van der Waals surface area contributed by atoms with Gasteiger partial charge in [-0.25, -0.2) is 4.79 Å². The normalized spacial score (nSPS) is 17.2. The van der Waals surface area contributed by atoms with E-state index in [4.69, 9.17) is 9.47 Å². The highest BCUT2D eigenvalue weighted by Crippen LogP contribution is 2.44. The van der Waals surface area contributed by atoms with Crippen LogP contribution in [0.3, 0.4) is 0 Å². The Morgan fingerprint density at radius 2 is 1.65 bits per heavy atom. The molecule has 2 aliphatic rings. The highest BCUT2D eigenvalue weighted by atomic mass is 16.5. The molecule has 4 rings (SSSR count). The number of ether oxygens (including phenoxy) is 2. The number of carbonyl (C=O) groups is 3. The smallest absolute Gasteiger partial charge is 0.407 e. The number of nitrogens with one attached hydrogen (secondary N) is 2. The van der Waals surface area contributed by atoms with E-state index in [0.717, 1.165) is 22.3 Å². The average molecular weight is 467 g/mol. The van der Waals surface area contributed by atoms with Crippen LogP contribution in [0, 0.1) is 0 Å². The molecule has 0 saturated carbocycles. The van der Waals surface area contributed by atoms with Crippen LogP contribution in [0.2, 0.25) is 0 Å². The molecule has 0 bridgehead atoms. The van der Waals surface area contributed by atoms with Gasteiger partial charge in [-0.2, -0.15) is 0 Å². The van der Waals surface area contributed by atoms with Crippen LogP contribution in [-0.4, -0.2) is 54.5 Å². The van der Waals surface area contributed by atoms with Crippen LogP contribution in [-0.2, 0) is 19.1 Å². The molecule has 1 saturated heterocycles. The van der Waals surface area contributed by atoms with Crippen LogP contribution in [0.25, 0.3) is 11.1 Å². The van der Waals surface area contributed by atoms with Crippen molar-refractivity contribution < 1.29 is 29.0 Å². The Hall–Kier alpha value is -3.39. The third-order valence-electron chi connectivity index (χ3n) is 6.54. The summed E-state index contributed by atoms with van der Waals surface area (Å²) in [5, 5.41) is 14.8. The molecule has 1 unspecified atom stereocenters. The molecule has 180 valence electrons. The second-order valence-electron chi connectivity index (χ2n) is 9.09. The largest absolute Gasteiger partial charge is 0.481 e. The Bertz CT molecular complexity index is 1020. The van der Waals surface area contributed by atoms with Crippen molar-refractivity contribution in [3.05, 3.63) is 59.7 Å². The number of amides is 2. The highest BCUT2D eigenvalue weighted by Gasteiger charge is 2.36. The summed E-state index contributed by atoms with van der Waals surface area (Å²) in [6.45, 7) is 2.72. The molecule has 1 fully saturated rings.